The molecule has 1 atom stereocenters. The van der Waals surface area contributed by atoms with E-state index in [0.717, 1.165) is 34.9 Å². The first kappa shape index (κ1) is 23.7. The Hall–Kier alpha value is -2.99. The van der Waals surface area contributed by atoms with Gasteiger partial charge in [0, 0.05) is 11.6 Å². The number of hydrogen-bond donors (Lipinski definition) is 0. The van der Waals surface area contributed by atoms with E-state index in [1.165, 1.54) is 4.90 Å². The van der Waals surface area contributed by atoms with E-state index in [0.29, 0.717) is 36.0 Å². The van der Waals surface area contributed by atoms with Crippen LogP contribution in [0.3, 0.4) is 0 Å². The van der Waals surface area contributed by atoms with E-state index in [2.05, 4.69) is 6.58 Å². The third-order valence-electron chi connectivity index (χ3n) is 5.20. The highest BCUT2D eigenvalue weighted by atomic mass is 32.2. The summed E-state index contributed by atoms with van der Waals surface area (Å²) >= 11 is 0.977. The number of ether oxygens (including phenoxy) is 2. The standard InChI is InChI=1S/C26H29NO4S/c1-5-11-21-14-20(16-23-25(28)27(18(4)6-2)26(29)32-23)15-22(30-7-3)24(21)31-17-19-12-9-8-10-13-19/h5,8-10,12-16,18H,1,6-7,11,17H2,2-4H3/b23-16+/t18-/m1/s1. The Morgan fingerprint density at radius 2 is 1.88 bits per heavy atom. The van der Waals surface area contributed by atoms with Gasteiger partial charge in [0.05, 0.1) is 11.5 Å². The molecule has 0 bridgehead atoms. The predicted molar refractivity (Wildman–Crippen MR) is 130 cm³/mol. The molecular weight excluding hydrogens is 422 g/mol. The minimum absolute atomic E-state index is 0.127. The van der Waals surface area contributed by atoms with Crippen LogP contribution in [0.4, 0.5) is 4.79 Å². The molecule has 1 aliphatic heterocycles. The highest BCUT2D eigenvalue weighted by Gasteiger charge is 2.37. The Balaban J connectivity index is 1.95. The van der Waals surface area contributed by atoms with Gasteiger partial charge in [0.1, 0.15) is 6.61 Å². The summed E-state index contributed by atoms with van der Waals surface area (Å²) in [5.74, 6) is 1.03. The lowest BCUT2D eigenvalue weighted by Crippen LogP contribution is -2.36. The van der Waals surface area contributed by atoms with Crippen LogP contribution in [0.25, 0.3) is 6.08 Å². The largest absolute Gasteiger partial charge is 0.490 e. The van der Waals surface area contributed by atoms with Gasteiger partial charge in [-0.15, -0.1) is 6.58 Å². The average Bonchev–Trinajstić information content (AvgIpc) is 3.06. The maximum absolute atomic E-state index is 12.8. The van der Waals surface area contributed by atoms with Crippen molar-refractivity contribution in [3.63, 3.8) is 0 Å². The Bertz CT molecular complexity index is 1020. The lowest BCUT2D eigenvalue weighted by Gasteiger charge is -2.19. The molecule has 1 heterocycles. The van der Waals surface area contributed by atoms with Gasteiger partial charge < -0.3 is 9.47 Å². The van der Waals surface area contributed by atoms with E-state index in [9.17, 15) is 9.59 Å². The molecule has 1 fully saturated rings. The Labute approximate surface area is 194 Å². The number of carbonyl (C=O) groups is 2. The summed E-state index contributed by atoms with van der Waals surface area (Å²) in [5, 5.41) is -0.227. The first-order valence-corrected chi connectivity index (χ1v) is 11.6. The molecule has 168 valence electrons. The minimum atomic E-state index is -0.248. The smallest absolute Gasteiger partial charge is 0.293 e. The number of imide groups is 1. The van der Waals surface area contributed by atoms with Crippen molar-refractivity contribution in [3.05, 3.63) is 76.7 Å². The number of carbonyl (C=O) groups excluding carboxylic acids is 2. The minimum Gasteiger partial charge on any atom is -0.490 e. The molecule has 0 saturated carbocycles. The van der Waals surface area contributed by atoms with E-state index < -0.39 is 0 Å². The maximum Gasteiger partial charge on any atom is 0.293 e. The molecule has 0 unspecified atom stereocenters. The van der Waals surface area contributed by atoms with Gasteiger partial charge in [-0.2, -0.15) is 0 Å². The highest BCUT2D eigenvalue weighted by Crippen LogP contribution is 2.38. The van der Waals surface area contributed by atoms with Gasteiger partial charge in [-0.25, -0.2) is 0 Å². The molecule has 0 radical (unpaired) electrons. The van der Waals surface area contributed by atoms with Crippen molar-refractivity contribution in [3.8, 4) is 11.5 Å². The number of nitrogens with zero attached hydrogens (tertiary/aromatic N) is 1. The molecule has 0 spiro atoms. The van der Waals surface area contributed by atoms with Crippen LogP contribution in [0.2, 0.25) is 0 Å². The second-order valence-electron chi connectivity index (χ2n) is 7.52. The number of amides is 2. The first-order valence-electron chi connectivity index (χ1n) is 10.8. The second kappa shape index (κ2) is 11.0. The quantitative estimate of drug-likeness (QED) is 0.317. The summed E-state index contributed by atoms with van der Waals surface area (Å²) in [5.41, 5.74) is 2.75. The zero-order valence-electron chi connectivity index (χ0n) is 18.8. The molecule has 2 aromatic rings. The van der Waals surface area contributed by atoms with Crippen LogP contribution in [-0.4, -0.2) is 28.7 Å². The van der Waals surface area contributed by atoms with Crippen molar-refractivity contribution < 1.29 is 19.1 Å². The lowest BCUT2D eigenvalue weighted by molar-refractivity contribution is -0.124. The number of rotatable bonds is 10. The first-order chi connectivity index (χ1) is 15.5. The van der Waals surface area contributed by atoms with Crippen LogP contribution >= 0.6 is 11.8 Å². The molecule has 5 nitrogen and oxygen atoms in total. The van der Waals surface area contributed by atoms with Gasteiger partial charge in [-0.1, -0.05) is 43.3 Å². The molecule has 3 rings (SSSR count). The van der Waals surface area contributed by atoms with Crippen molar-refractivity contribution >= 4 is 29.0 Å². The van der Waals surface area contributed by atoms with E-state index in [1.807, 2.05) is 63.2 Å². The summed E-state index contributed by atoms with van der Waals surface area (Å²) in [6.45, 7) is 10.5. The fraction of sp³-hybridized carbons (Fsp3) is 0.308. The number of benzene rings is 2. The van der Waals surface area contributed by atoms with Gasteiger partial charge in [-0.05, 0) is 67.8 Å². The highest BCUT2D eigenvalue weighted by molar-refractivity contribution is 8.18. The average molecular weight is 452 g/mol. The van der Waals surface area contributed by atoms with E-state index in [-0.39, 0.29) is 17.2 Å². The summed E-state index contributed by atoms with van der Waals surface area (Å²) in [6, 6.07) is 13.6. The Morgan fingerprint density at radius 1 is 1.12 bits per heavy atom. The van der Waals surface area contributed by atoms with E-state index in [4.69, 9.17) is 9.47 Å². The van der Waals surface area contributed by atoms with Crippen LogP contribution in [-0.2, 0) is 17.8 Å². The van der Waals surface area contributed by atoms with Crippen molar-refractivity contribution in [1.82, 2.24) is 4.90 Å². The van der Waals surface area contributed by atoms with Crippen LogP contribution < -0.4 is 9.47 Å². The summed E-state index contributed by atoms with van der Waals surface area (Å²) < 4.78 is 12.0. The fourth-order valence-electron chi connectivity index (χ4n) is 3.42. The van der Waals surface area contributed by atoms with Crippen LogP contribution in [0.1, 0.15) is 43.9 Å². The molecule has 1 saturated heterocycles. The van der Waals surface area contributed by atoms with Crippen molar-refractivity contribution in [2.45, 2.75) is 46.3 Å². The predicted octanol–water partition coefficient (Wildman–Crippen LogP) is 6.23. The van der Waals surface area contributed by atoms with Crippen molar-refractivity contribution in [1.29, 1.82) is 0 Å². The molecular formula is C26H29NO4S. The molecule has 2 amide bonds. The molecule has 2 aromatic carbocycles. The summed E-state index contributed by atoms with van der Waals surface area (Å²) in [7, 11) is 0. The van der Waals surface area contributed by atoms with Crippen molar-refractivity contribution in [2.24, 2.45) is 0 Å². The van der Waals surface area contributed by atoms with Gasteiger partial charge in [0.15, 0.2) is 11.5 Å². The molecule has 0 N–H and O–H groups in total. The van der Waals surface area contributed by atoms with E-state index >= 15 is 0 Å². The molecule has 6 heteroatoms. The van der Waals surface area contributed by atoms with E-state index in [1.54, 1.807) is 12.2 Å². The number of hydrogen-bond acceptors (Lipinski definition) is 5. The normalized spacial score (nSPS) is 15.8. The zero-order chi connectivity index (χ0) is 23.1. The third-order valence-corrected chi connectivity index (χ3v) is 6.08. The van der Waals surface area contributed by atoms with Crippen LogP contribution in [0, 0.1) is 0 Å². The third kappa shape index (κ3) is 5.43. The van der Waals surface area contributed by atoms with Gasteiger partial charge >= 0.3 is 0 Å². The maximum atomic E-state index is 12.8. The monoisotopic (exact) mass is 451 g/mol. The lowest BCUT2D eigenvalue weighted by atomic mass is 10.0. The Kier molecular flexibility index (Phi) is 8.17. The number of allylic oxidation sites excluding steroid dienone is 1. The van der Waals surface area contributed by atoms with Gasteiger partial charge in [0.2, 0.25) is 0 Å². The molecule has 0 aromatic heterocycles. The van der Waals surface area contributed by atoms with Gasteiger partial charge in [-0.3, -0.25) is 14.5 Å². The Morgan fingerprint density at radius 3 is 2.53 bits per heavy atom. The van der Waals surface area contributed by atoms with Crippen LogP contribution in [0.15, 0.2) is 60.0 Å². The second-order valence-corrected chi connectivity index (χ2v) is 8.51. The molecule has 32 heavy (non-hydrogen) atoms. The summed E-state index contributed by atoms with van der Waals surface area (Å²) in [6.07, 6.45) is 4.86. The molecule has 0 aliphatic carbocycles. The van der Waals surface area contributed by atoms with Gasteiger partial charge in [0.25, 0.3) is 11.1 Å². The summed E-state index contributed by atoms with van der Waals surface area (Å²) in [4.78, 5) is 26.9. The van der Waals surface area contributed by atoms with Crippen LogP contribution in [0.5, 0.6) is 11.5 Å². The number of thioether (sulfide) groups is 1. The zero-order valence-corrected chi connectivity index (χ0v) is 19.6. The molecule has 1 aliphatic rings. The SMILES string of the molecule is C=CCc1cc(/C=C2/SC(=O)N([C@H](C)CC)C2=O)cc(OCC)c1OCc1ccccc1. The van der Waals surface area contributed by atoms with Crippen molar-refractivity contribution in [2.75, 3.05) is 6.61 Å². The topological polar surface area (TPSA) is 55.8 Å². The fourth-order valence-corrected chi connectivity index (χ4v) is 4.35.